The van der Waals surface area contributed by atoms with Crippen molar-refractivity contribution in [2.75, 3.05) is 0 Å². The summed E-state index contributed by atoms with van der Waals surface area (Å²) in [6.07, 6.45) is 0.613. The summed E-state index contributed by atoms with van der Waals surface area (Å²) in [7, 11) is 0. The molecule has 3 aromatic carbocycles. The monoisotopic (exact) mass is 390 g/mol. The Morgan fingerprint density at radius 3 is 2.28 bits per heavy atom. The van der Waals surface area contributed by atoms with Crippen LogP contribution in [0.2, 0.25) is 0 Å². The third-order valence-corrected chi connectivity index (χ3v) is 4.73. The van der Waals surface area contributed by atoms with Gasteiger partial charge in [-0.25, -0.2) is 4.79 Å². The molecule has 3 rings (SSSR count). The molecule has 0 fully saturated rings. The summed E-state index contributed by atoms with van der Waals surface area (Å²) in [5.74, 6) is -0.672. The predicted octanol–water partition coefficient (Wildman–Crippen LogP) is 4.77. The number of aromatic carboxylic acids is 1. The second-order valence-electron chi connectivity index (χ2n) is 6.93. The number of hydrogen-bond donors (Lipinski definition) is 2. The number of benzene rings is 3. The number of Topliss-reactive ketones (excluding diaryl/α,β-unsaturated/α-hetero) is 1. The SMILES string of the molecule is CC(=O)c1ccc(OCc2cccc(Cc3cccc(C(=O)O)c3)c2)c(C)c1O. The second-order valence-corrected chi connectivity index (χ2v) is 6.93. The maximum Gasteiger partial charge on any atom is 0.335 e. The van der Waals surface area contributed by atoms with E-state index in [1.807, 2.05) is 30.3 Å². The van der Waals surface area contributed by atoms with Crippen LogP contribution in [0.3, 0.4) is 0 Å². The maximum absolute atomic E-state index is 11.5. The minimum atomic E-state index is -0.941. The van der Waals surface area contributed by atoms with Crippen molar-refractivity contribution in [2.45, 2.75) is 26.9 Å². The van der Waals surface area contributed by atoms with Gasteiger partial charge in [0, 0.05) is 5.56 Å². The number of carbonyl (C=O) groups excluding carboxylic acids is 1. The molecule has 0 atom stereocenters. The zero-order valence-electron chi connectivity index (χ0n) is 16.3. The number of carboxylic acids is 1. The fraction of sp³-hybridized carbons (Fsp3) is 0.167. The Balaban J connectivity index is 1.72. The van der Waals surface area contributed by atoms with E-state index in [2.05, 4.69) is 0 Å². The van der Waals surface area contributed by atoms with Gasteiger partial charge in [0.2, 0.25) is 0 Å². The number of phenols is 1. The van der Waals surface area contributed by atoms with E-state index in [4.69, 9.17) is 9.84 Å². The van der Waals surface area contributed by atoms with Crippen molar-refractivity contribution in [1.82, 2.24) is 0 Å². The van der Waals surface area contributed by atoms with E-state index >= 15 is 0 Å². The standard InChI is InChI=1S/C24H22O5/c1-15-22(10-9-21(16(2)25)23(15)26)29-14-19-7-3-5-17(12-19)11-18-6-4-8-20(13-18)24(27)28/h3-10,12-13,26H,11,14H2,1-2H3,(H,27,28). The molecule has 5 nitrogen and oxygen atoms in total. The van der Waals surface area contributed by atoms with Gasteiger partial charge in [0.1, 0.15) is 18.1 Å². The minimum Gasteiger partial charge on any atom is -0.507 e. The summed E-state index contributed by atoms with van der Waals surface area (Å²) in [6.45, 7) is 3.43. The molecule has 0 aliphatic rings. The highest BCUT2D eigenvalue weighted by Crippen LogP contribution is 2.31. The van der Waals surface area contributed by atoms with E-state index in [0.717, 1.165) is 16.7 Å². The smallest absolute Gasteiger partial charge is 0.335 e. The van der Waals surface area contributed by atoms with Crippen LogP contribution in [0.1, 0.15) is 49.9 Å². The summed E-state index contributed by atoms with van der Waals surface area (Å²) >= 11 is 0. The van der Waals surface area contributed by atoms with Crippen molar-refractivity contribution in [3.8, 4) is 11.5 Å². The number of hydrogen-bond acceptors (Lipinski definition) is 4. The predicted molar refractivity (Wildman–Crippen MR) is 110 cm³/mol. The molecule has 0 saturated carbocycles. The first kappa shape index (κ1) is 20.1. The zero-order valence-corrected chi connectivity index (χ0v) is 16.3. The van der Waals surface area contributed by atoms with Crippen molar-refractivity contribution in [3.63, 3.8) is 0 Å². The topological polar surface area (TPSA) is 83.8 Å². The molecule has 148 valence electrons. The molecule has 2 N–H and O–H groups in total. The second kappa shape index (κ2) is 8.61. The van der Waals surface area contributed by atoms with Gasteiger partial charge >= 0.3 is 5.97 Å². The average Bonchev–Trinajstić information content (AvgIpc) is 2.69. The number of ether oxygens (including phenoxy) is 1. The summed E-state index contributed by atoms with van der Waals surface area (Å²) < 4.78 is 5.85. The number of carbonyl (C=O) groups is 2. The van der Waals surface area contributed by atoms with Crippen LogP contribution in [-0.2, 0) is 13.0 Å². The van der Waals surface area contributed by atoms with E-state index in [-0.39, 0.29) is 22.7 Å². The summed E-state index contributed by atoms with van der Waals surface area (Å²) in [6, 6.07) is 18.0. The van der Waals surface area contributed by atoms with Gasteiger partial charge < -0.3 is 14.9 Å². The van der Waals surface area contributed by atoms with Crippen LogP contribution in [-0.4, -0.2) is 22.0 Å². The molecule has 0 bridgehead atoms. The zero-order chi connectivity index (χ0) is 21.0. The number of phenolic OH excluding ortho intramolecular Hbond substituents is 1. The molecule has 0 aliphatic heterocycles. The highest BCUT2D eigenvalue weighted by molar-refractivity contribution is 5.97. The summed E-state index contributed by atoms with van der Waals surface area (Å²) in [5, 5.41) is 19.3. The van der Waals surface area contributed by atoms with Crippen LogP contribution in [0.25, 0.3) is 0 Å². The molecule has 29 heavy (non-hydrogen) atoms. The Morgan fingerprint density at radius 1 is 0.931 bits per heavy atom. The molecule has 0 heterocycles. The van der Waals surface area contributed by atoms with E-state index in [1.54, 1.807) is 37.3 Å². The number of ketones is 1. The Bertz CT molecular complexity index is 1070. The first-order valence-corrected chi connectivity index (χ1v) is 9.21. The van der Waals surface area contributed by atoms with Gasteiger partial charge in [-0.05, 0) is 61.2 Å². The van der Waals surface area contributed by atoms with Gasteiger partial charge in [-0.2, -0.15) is 0 Å². The molecule has 5 heteroatoms. The van der Waals surface area contributed by atoms with E-state index in [0.29, 0.717) is 24.3 Å². The van der Waals surface area contributed by atoms with Crippen LogP contribution >= 0.6 is 0 Å². The molecular weight excluding hydrogens is 368 g/mol. The van der Waals surface area contributed by atoms with E-state index in [1.165, 1.54) is 6.92 Å². The maximum atomic E-state index is 11.5. The number of rotatable bonds is 7. The lowest BCUT2D eigenvalue weighted by Gasteiger charge is -2.13. The quantitative estimate of drug-likeness (QED) is 0.568. The molecule has 0 amide bonds. The Hall–Kier alpha value is -3.60. The van der Waals surface area contributed by atoms with Crippen LogP contribution < -0.4 is 4.74 Å². The average molecular weight is 390 g/mol. The molecule has 0 aromatic heterocycles. The summed E-state index contributed by atoms with van der Waals surface area (Å²) in [4.78, 5) is 22.7. The molecule has 0 spiro atoms. The minimum absolute atomic E-state index is 0.0536. The fourth-order valence-electron chi connectivity index (χ4n) is 3.16. The van der Waals surface area contributed by atoms with Crippen molar-refractivity contribution < 1.29 is 24.5 Å². The Morgan fingerprint density at radius 2 is 1.59 bits per heavy atom. The Labute approximate surface area is 169 Å². The van der Waals surface area contributed by atoms with Gasteiger partial charge in [0.05, 0.1) is 11.1 Å². The lowest BCUT2D eigenvalue weighted by Crippen LogP contribution is -2.01. The normalized spacial score (nSPS) is 10.6. The molecule has 3 aromatic rings. The van der Waals surface area contributed by atoms with Crippen LogP contribution in [0.15, 0.2) is 60.7 Å². The third-order valence-electron chi connectivity index (χ3n) is 4.73. The van der Waals surface area contributed by atoms with Gasteiger partial charge in [0.25, 0.3) is 0 Å². The highest BCUT2D eigenvalue weighted by Gasteiger charge is 2.13. The van der Waals surface area contributed by atoms with Crippen LogP contribution in [0.5, 0.6) is 11.5 Å². The van der Waals surface area contributed by atoms with Crippen LogP contribution in [0.4, 0.5) is 0 Å². The molecule has 0 radical (unpaired) electrons. The third kappa shape index (κ3) is 4.82. The van der Waals surface area contributed by atoms with Gasteiger partial charge in [-0.1, -0.05) is 36.4 Å². The van der Waals surface area contributed by atoms with Gasteiger partial charge in [-0.15, -0.1) is 0 Å². The molecule has 0 unspecified atom stereocenters. The van der Waals surface area contributed by atoms with Gasteiger partial charge in [-0.3, -0.25) is 4.79 Å². The van der Waals surface area contributed by atoms with Crippen LogP contribution in [0, 0.1) is 6.92 Å². The molecular formula is C24H22O5. The number of aromatic hydroxyl groups is 1. The van der Waals surface area contributed by atoms with Crippen molar-refractivity contribution >= 4 is 11.8 Å². The first-order chi connectivity index (χ1) is 13.8. The van der Waals surface area contributed by atoms with E-state index < -0.39 is 5.97 Å². The van der Waals surface area contributed by atoms with Crippen molar-refractivity contribution in [1.29, 1.82) is 0 Å². The molecule has 0 saturated heterocycles. The summed E-state index contributed by atoms with van der Waals surface area (Å²) in [5.41, 5.74) is 3.99. The Kier molecular flexibility index (Phi) is 5.98. The lowest BCUT2D eigenvalue weighted by molar-refractivity contribution is 0.0696. The van der Waals surface area contributed by atoms with Crippen molar-refractivity contribution in [2.24, 2.45) is 0 Å². The van der Waals surface area contributed by atoms with E-state index in [9.17, 15) is 14.7 Å². The largest absolute Gasteiger partial charge is 0.507 e. The highest BCUT2D eigenvalue weighted by atomic mass is 16.5. The van der Waals surface area contributed by atoms with Gasteiger partial charge in [0.15, 0.2) is 5.78 Å². The fourth-order valence-corrected chi connectivity index (χ4v) is 3.16. The lowest BCUT2D eigenvalue weighted by atomic mass is 10.0. The van der Waals surface area contributed by atoms with Crippen molar-refractivity contribution in [3.05, 3.63) is 94.0 Å². The molecule has 0 aliphatic carbocycles. The number of carboxylic acid groups (broad SMARTS) is 1. The first-order valence-electron chi connectivity index (χ1n) is 9.21.